The highest BCUT2D eigenvalue weighted by molar-refractivity contribution is 7.92. The number of ether oxygens (including phenoxy) is 6. The van der Waals surface area contributed by atoms with E-state index in [-0.39, 0.29) is 68.7 Å². The predicted octanol–water partition coefficient (Wildman–Crippen LogP) is 24.8. The van der Waals surface area contributed by atoms with Crippen LogP contribution in [0.4, 0.5) is 0 Å². The molecular formula is C112H80O20S4. The van der Waals surface area contributed by atoms with Gasteiger partial charge in [-0.1, -0.05) is 108 Å². The number of carbonyl (C=O) groups is 5. The summed E-state index contributed by atoms with van der Waals surface area (Å²) in [6.07, 6.45) is 0.493. The third-order valence-electron chi connectivity index (χ3n) is 22.6. The molecule has 17 rings (SSSR count). The molecule has 0 aromatic heterocycles. The Balaban J connectivity index is 0.437. The minimum Gasteiger partial charge on any atom is -0.457 e. The molecule has 0 atom stereocenters. The zero-order valence-electron chi connectivity index (χ0n) is 73.1. The van der Waals surface area contributed by atoms with Gasteiger partial charge in [0, 0.05) is 55.6 Å². The van der Waals surface area contributed by atoms with Gasteiger partial charge < -0.3 is 28.4 Å². The van der Waals surface area contributed by atoms with Crippen molar-refractivity contribution in [1.82, 2.24) is 0 Å². The number of aryl methyl sites for hydroxylation is 4. The molecule has 0 spiro atoms. The van der Waals surface area contributed by atoms with Gasteiger partial charge in [-0.2, -0.15) is 8.42 Å². The lowest BCUT2D eigenvalue weighted by atomic mass is 9.91. The Labute approximate surface area is 785 Å². The summed E-state index contributed by atoms with van der Waals surface area (Å²) >= 11 is 0. The highest BCUT2D eigenvalue weighted by Gasteiger charge is 2.26. The zero-order chi connectivity index (χ0) is 95.2. The Hall–Kier alpha value is -16.4. The molecule has 0 amide bonds. The molecule has 17 aromatic carbocycles. The molecule has 0 bridgehead atoms. The Kier molecular flexibility index (Phi) is 26.1. The molecule has 0 heterocycles. The predicted molar refractivity (Wildman–Crippen MR) is 514 cm³/mol. The van der Waals surface area contributed by atoms with E-state index in [0.717, 1.165) is 39.4 Å². The summed E-state index contributed by atoms with van der Waals surface area (Å²) in [5.74, 6) is 3.73. The molecule has 24 heteroatoms. The molecule has 0 aliphatic carbocycles. The maximum Gasteiger partial charge on any atom is 0.294 e. The van der Waals surface area contributed by atoms with Crippen molar-refractivity contribution in [2.24, 2.45) is 0 Å². The minimum atomic E-state index is -4.53. The quantitative estimate of drug-likeness (QED) is 0.0302. The Morgan fingerprint density at radius 1 is 0.221 bits per heavy atom. The number of sulfone groups is 3. The van der Waals surface area contributed by atoms with E-state index in [9.17, 15) is 62.2 Å². The van der Waals surface area contributed by atoms with E-state index >= 15 is 0 Å². The van der Waals surface area contributed by atoms with Gasteiger partial charge >= 0.3 is 0 Å². The van der Waals surface area contributed by atoms with Crippen LogP contribution in [-0.4, -0.2) is 67.1 Å². The summed E-state index contributed by atoms with van der Waals surface area (Å²) in [6, 6.07) is 105. The van der Waals surface area contributed by atoms with Crippen LogP contribution in [0.3, 0.4) is 0 Å². The molecular weight excluding hydrogens is 1790 g/mol. The molecule has 0 aliphatic rings. The van der Waals surface area contributed by atoms with E-state index in [1.165, 1.54) is 152 Å². The molecule has 0 radical (unpaired) electrons. The van der Waals surface area contributed by atoms with Crippen molar-refractivity contribution >= 4 is 68.5 Å². The summed E-state index contributed by atoms with van der Waals surface area (Å²) < 4.78 is 152. The Bertz CT molecular complexity index is 7940. The monoisotopic (exact) mass is 1870 g/mol. The Morgan fingerprint density at radius 3 is 0.779 bits per heavy atom. The summed E-state index contributed by atoms with van der Waals surface area (Å²) in [5.41, 5.74) is 10.8. The third kappa shape index (κ3) is 20.9. The minimum absolute atomic E-state index is 0.00495. The van der Waals surface area contributed by atoms with Crippen LogP contribution in [0.1, 0.15) is 113 Å². The van der Waals surface area contributed by atoms with Crippen molar-refractivity contribution in [1.29, 1.82) is 0 Å². The number of rotatable bonds is 32. The molecule has 0 aliphatic heterocycles. The fourth-order valence-electron chi connectivity index (χ4n) is 15.1. The van der Waals surface area contributed by atoms with Crippen LogP contribution in [0.25, 0.3) is 11.1 Å². The summed E-state index contributed by atoms with van der Waals surface area (Å²) in [5, 5.41) is 0. The first-order valence-corrected chi connectivity index (χ1v) is 48.5. The number of hydrogen-bond donors (Lipinski definition) is 1. The Morgan fingerprint density at radius 2 is 0.463 bits per heavy atom. The van der Waals surface area contributed by atoms with Gasteiger partial charge in [-0.05, 0) is 365 Å². The van der Waals surface area contributed by atoms with E-state index < -0.39 is 45.4 Å². The summed E-state index contributed by atoms with van der Waals surface area (Å²) in [7, 11) is -16.5. The maximum absolute atomic E-state index is 14.1. The van der Waals surface area contributed by atoms with Crippen LogP contribution in [0.15, 0.2) is 429 Å². The van der Waals surface area contributed by atoms with Gasteiger partial charge in [0.2, 0.25) is 29.5 Å². The normalized spacial score (nSPS) is 11.5. The summed E-state index contributed by atoms with van der Waals surface area (Å²) in [6.45, 7) is 7.53. The number of ketones is 5. The van der Waals surface area contributed by atoms with E-state index in [2.05, 4.69) is 0 Å². The third-order valence-corrected chi connectivity index (χ3v) is 28.8. The van der Waals surface area contributed by atoms with E-state index in [1.807, 2.05) is 82.3 Å². The van der Waals surface area contributed by atoms with Crippen molar-refractivity contribution in [3.63, 3.8) is 0 Å². The molecule has 136 heavy (non-hydrogen) atoms. The summed E-state index contributed by atoms with van der Waals surface area (Å²) in [4.78, 5) is 68.0. The molecule has 0 unspecified atom stereocenters. The maximum atomic E-state index is 14.1. The van der Waals surface area contributed by atoms with Crippen LogP contribution in [-0.2, 0) is 46.1 Å². The second-order valence-electron chi connectivity index (χ2n) is 32.1. The molecule has 0 saturated carbocycles. The highest BCUT2D eigenvalue weighted by Crippen LogP contribution is 2.38. The number of hydrogen-bond acceptors (Lipinski definition) is 19. The van der Waals surface area contributed by atoms with Crippen molar-refractivity contribution in [3.05, 3.63) is 483 Å². The van der Waals surface area contributed by atoms with Crippen LogP contribution in [0.2, 0.25) is 0 Å². The number of benzene rings is 17. The average molecular weight is 1870 g/mol. The second-order valence-corrected chi connectivity index (χ2v) is 39.4. The van der Waals surface area contributed by atoms with Crippen molar-refractivity contribution < 1.29 is 90.6 Å². The molecule has 20 nitrogen and oxygen atoms in total. The van der Waals surface area contributed by atoms with Gasteiger partial charge in [0.15, 0.2) is 28.9 Å². The second kappa shape index (κ2) is 38.8. The van der Waals surface area contributed by atoms with Gasteiger partial charge in [-0.15, -0.1) is 0 Å². The fraction of sp³-hybridized carbons (Fsp3) is 0.0446. The van der Waals surface area contributed by atoms with E-state index in [4.69, 9.17) is 28.4 Å². The SMILES string of the molecule is Cc1ccc(C)c(C(=O)c2ccc(Oc3ccc(S(=O)(=O)c4ccc(Oc5ccc(S(=O)(=O)c6ccc(Oc7ccc(S(=O)(=O)c8ccc(Oc9ccc(C(=O)c%10cc(Cc%11ccc(C(=O)c%12ccc(Oc%13ccc(Oc%14ccc(C(=O)c%15ccc(-c%16ccc(C)cc%16C(=O)c%16cccc(S(=O)(=O)O)c%16)cc%15)cc%14)cc%13)cc%12)cc%11)ccc%10C)cc9)cc8)cc7)cc6)cc5)cc4)cc3)cc2)c1. The van der Waals surface area contributed by atoms with Crippen LogP contribution in [0.5, 0.6) is 69.0 Å². The first kappa shape index (κ1) is 91.5. The topological polar surface area (TPSA) is 298 Å². The zero-order valence-corrected chi connectivity index (χ0v) is 76.3. The van der Waals surface area contributed by atoms with Gasteiger partial charge in [0.1, 0.15) is 69.0 Å². The highest BCUT2D eigenvalue weighted by atomic mass is 32.2. The largest absolute Gasteiger partial charge is 0.457 e. The molecule has 0 saturated heterocycles. The lowest BCUT2D eigenvalue weighted by molar-refractivity contribution is 0.103. The first-order chi connectivity index (χ1) is 65.4. The van der Waals surface area contributed by atoms with Crippen molar-refractivity contribution in [3.8, 4) is 80.1 Å². The van der Waals surface area contributed by atoms with Crippen LogP contribution in [0, 0.1) is 27.7 Å². The average Bonchev–Trinajstić information content (AvgIpc) is 0.799. The molecule has 17 aromatic rings. The van der Waals surface area contributed by atoms with Gasteiger partial charge in [0.05, 0.1) is 34.3 Å². The van der Waals surface area contributed by atoms with Gasteiger partial charge in [0.25, 0.3) is 10.1 Å². The van der Waals surface area contributed by atoms with Gasteiger partial charge in [-0.25, -0.2) is 25.3 Å². The fourth-order valence-corrected chi connectivity index (χ4v) is 19.4. The van der Waals surface area contributed by atoms with E-state index in [0.29, 0.717) is 131 Å². The first-order valence-electron chi connectivity index (χ1n) is 42.6. The lowest BCUT2D eigenvalue weighted by Gasteiger charge is -2.12. The molecule has 672 valence electrons. The van der Waals surface area contributed by atoms with Crippen LogP contribution < -0.4 is 28.4 Å². The standard InChI is InChI=1S/C112H80O20S4/c1-71-8-10-73(3)105(66-71)110(115)82-25-33-87(34-26-82)129-91-41-53-97(54-42-91)133(118,119)99-57-45-93(46-58-99)131-95-49-61-101(62-50-95)135(122,123)102-63-51-96(52-64-102)132-94-47-59-100(60-48-94)134(120,121)98-55-43-92(44-56-98)130-88-35-27-83(28-36-88)111(116)106-69-76(12-11-74(106)4)68-75-13-15-78(16-14-75)108(113)80-21-29-85(30-22-80)127-89-37-39-90(40-38-89)128-86-31-23-81(24-32-86)109(114)79-19-17-77(18-20-79)104-65-9-72(2)67-107(104)112(117)84-6-5-7-103(70-84)136(124,125)126/h5-67,69-70H,68H2,1-4H3,(H,124,125,126). The lowest BCUT2D eigenvalue weighted by Crippen LogP contribution is -2.07. The van der Waals surface area contributed by atoms with E-state index in [1.54, 1.807) is 182 Å². The van der Waals surface area contributed by atoms with Crippen molar-refractivity contribution in [2.45, 2.75) is 68.4 Å². The van der Waals surface area contributed by atoms with Crippen molar-refractivity contribution in [2.75, 3.05) is 0 Å². The number of carbonyl (C=O) groups excluding carboxylic acids is 5. The molecule has 1 N–H and O–H groups in total. The smallest absolute Gasteiger partial charge is 0.294 e. The van der Waals surface area contributed by atoms with Crippen LogP contribution >= 0.6 is 0 Å². The van der Waals surface area contributed by atoms with Gasteiger partial charge in [-0.3, -0.25) is 28.5 Å². The molecule has 0 fully saturated rings.